The van der Waals surface area contributed by atoms with Crippen LogP contribution in [0.15, 0.2) is 0 Å². The quantitative estimate of drug-likeness (QED) is 0.228. The van der Waals surface area contributed by atoms with Crippen molar-refractivity contribution in [2.45, 2.75) is 104 Å². The van der Waals surface area contributed by atoms with Gasteiger partial charge in [-0.2, -0.15) is 0 Å². The van der Waals surface area contributed by atoms with E-state index in [1.807, 2.05) is 4.90 Å². The van der Waals surface area contributed by atoms with Crippen LogP contribution in [0.2, 0.25) is 0 Å². The first kappa shape index (κ1) is 26.4. The van der Waals surface area contributed by atoms with Gasteiger partial charge in [0.25, 0.3) is 0 Å². The summed E-state index contributed by atoms with van der Waals surface area (Å²) in [6.45, 7) is 7.50. The van der Waals surface area contributed by atoms with E-state index in [2.05, 4.69) is 13.8 Å². The van der Waals surface area contributed by atoms with Crippen LogP contribution in [0.3, 0.4) is 0 Å². The predicted octanol–water partition coefficient (Wildman–Crippen LogP) is 5.98. The van der Waals surface area contributed by atoms with Crippen molar-refractivity contribution in [3.63, 3.8) is 0 Å². The Labute approximate surface area is 169 Å². The second kappa shape index (κ2) is 21.7. The minimum Gasteiger partial charge on any atom is -0.382 e. The van der Waals surface area contributed by atoms with E-state index in [1.54, 1.807) is 7.11 Å². The van der Waals surface area contributed by atoms with Crippen LogP contribution in [0.5, 0.6) is 0 Å². The zero-order valence-electron chi connectivity index (χ0n) is 18.6. The first-order chi connectivity index (χ1) is 13.3. The summed E-state index contributed by atoms with van der Waals surface area (Å²) in [7, 11) is 1.65. The summed E-state index contributed by atoms with van der Waals surface area (Å²) < 4.78 is 10.4. The molecule has 0 aliphatic carbocycles. The second-order valence-electron chi connectivity index (χ2n) is 7.67. The van der Waals surface area contributed by atoms with Gasteiger partial charge >= 0.3 is 0 Å². The fourth-order valence-corrected chi connectivity index (χ4v) is 3.27. The van der Waals surface area contributed by atoms with E-state index in [9.17, 15) is 4.79 Å². The number of unbranched alkanes of at least 4 members (excludes halogenated alkanes) is 12. The molecule has 4 nitrogen and oxygen atoms in total. The van der Waals surface area contributed by atoms with Crippen molar-refractivity contribution >= 4 is 5.91 Å². The van der Waals surface area contributed by atoms with Crippen molar-refractivity contribution in [1.29, 1.82) is 0 Å². The Balaban J connectivity index is 3.99. The van der Waals surface area contributed by atoms with Crippen molar-refractivity contribution in [2.75, 3.05) is 40.0 Å². The summed E-state index contributed by atoms with van der Waals surface area (Å²) in [5.41, 5.74) is 0. The molecule has 0 fully saturated rings. The highest BCUT2D eigenvalue weighted by molar-refractivity contribution is 5.77. The summed E-state index contributed by atoms with van der Waals surface area (Å²) in [4.78, 5) is 14.5. The largest absolute Gasteiger partial charge is 0.382 e. The molecule has 0 bridgehead atoms. The number of hydrogen-bond donors (Lipinski definition) is 0. The van der Waals surface area contributed by atoms with E-state index in [0.29, 0.717) is 13.2 Å². The topological polar surface area (TPSA) is 38.8 Å². The SMILES string of the molecule is CCCCCCCCCN(CCCCCCCCC)C(=O)COCCOC. The summed E-state index contributed by atoms with van der Waals surface area (Å²) in [5, 5.41) is 0. The fraction of sp³-hybridized carbons (Fsp3) is 0.957. The highest BCUT2D eigenvalue weighted by Gasteiger charge is 2.13. The Morgan fingerprint density at radius 3 is 1.56 bits per heavy atom. The van der Waals surface area contributed by atoms with E-state index in [0.717, 1.165) is 25.9 Å². The van der Waals surface area contributed by atoms with Gasteiger partial charge in [-0.1, -0.05) is 90.9 Å². The molecule has 0 aromatic heterocycles. The molecule has 0 radical (unpaired) electrons. The molecule has 1 amide bonds. The Bertz CT molecular complexity index is 292. The molecule has 0 saturated heterocycles. The zero-order valence-corrected chi connectivity index (χ0v) is 18.6. The Morgan fingerprint density at radius 1 is 0.667 bits per heavy atom. The Hall–Kier alpha value is -0.610. The van der Waals surface area contributed by atoms with Crippen molar-refractivity contribution in [2.24, 2.45) is 0 Å². The number of nitrogens with zero attached hydrogens (tertiary/aromatic N) is 1. The molecule has 0 aliphatic heterocycles. The molecule has 4 heteroatoms. The van der Waals surface area contributed by atoms with Crippen LogP contribution in [0.4, 0.5) is 0 Å². The van der Waals surface area contributed by atoms with Crippen LogP contribution >= 0.6 is 0 Å². The first-order valence-electron chi connectivity index (χ1n) is 11.6. The van der Waals surface area contributed by atoms with Gasteiger partial charge in [-0.3, -0.25) is 4.79 Å². The zero-order chi connectivity index (χ0) is 20.0. The van der Waals surface area contributed by atoms with E-state index in [1.165, 1.54) is 77.0 Å². The van der Waals surface area contributed by atoms with E-state index < -0.39 is 0 Å². The van der Waals surface area contributed by atoms with Crippen LogP contribution in [-0.4, -0.2) is 50.8 Å². The highest BCUT2D eigenvalue weighted by Crippen LogP contribution is 2.10. The fourth-order valence-electron chi connectivity index (χ4n) is 3.27. The van der Waals surface area contributed by atoms with Crippen LogP contribution < -0.4 is 0 Å². The van der Waals surface area contributed by atoms with Gasteiger partial charge in [0.1, 0.15) is 6.61 Å². The first-order valence-corrected chi connectivity index (χ1v) is 11.6. The summed E-state index contributed by atoms with van der Waals surface area (Å²) in [6, 6.07) is 0. The molecule has 0 atom stereocenters. The van der Waals surface area contributed by atoms with Crippen molar-refractivity contribution < 1.29 is 14.3 Å². The number of carbonyl (C=O) groups is 1. The molecule has 27 heavy (non-hydrogen) atoms. The van der Waals surface area contributed by atoms with Gasteiger partial charge in [0, 0.05) is 20.2 Å². The minimum absolute atomic E-state index is 0.142. The smallest absolute Gasteiger partial charge is 0.248 e. The maximum absolute atomic E-state index is 12.5. The van der Waals surface area contributed by atoms with Gasteiger partial charge in [0.05, 0.1) is 13.2 Å². The molecule has 0 saturated carbocycles. The molecule has 162 valence electrons. The third kappa shape index (κ3) is 18.5. The number of amides is 1. The molecule has 0 aromatic carbocycles. The average molecular weight is 386 g/mol. The maximum Gasteiger partial charge on any atom is 0.248 e. The standard InChI is InChI=1S/C23H47NO3/c1-4-6-8-10-12-14-16-18-24(23(25)22-27-21-20-26-3)19-17-15-13-11-9-7-5-2/h4-22H2,1-3H3. The second-order valence-corrected chi connectivity index (χ2v) is 7.67. The lowest BCUT2D eigenvalue weighted by molar-refractivity contribution is -0.136. The number of hydrogen-bond acceptors (Lipinski definition) is 3. The minimum atomic E-state index is 0.142. The van der Waals surface area contributed by atoms with Crippen LogP contribution in [0.25, 0.3) is 0 Å². The van der Waals surface area contributed by atoms with Crippen molar-refractivity contribution in [3.8, 4) is 0 Å². The molecule has 0 spiro atoms. The van der Waals surface area contributed by atoms with Gasteiger partial charge in [-0.05, 0) is 12.8 Å². The van der Waals surface area contributed by atoms with Crippen LogP contribution in [0, 0.1) is 0 Å². The Kier molecular flexibility index (Phi) is 21.2. The average Bonchev–Trinajstić information content (AvgIpc) is 2.68. The van der Waals surface area contributed by atoms with Crippen molar-refractivity contribution in [1.82, 2.24) is 4.90 Å². The molecule has 0 aromatic rings. The van der Waals surface area contributed by atoms with Crippen LogP contribution in [-0.2, 0) is 14.3 Å². The maximum atomic E-state index is 12.5. The third-order valence-electron chi connectivity index (χ3n) is 5.07. The number of methoxy groups -OCH3 is 1. The lowest BCUT2D eigenvalue weighted by Crippen LogP contribution is -2.36. The molecule has 0 heterocycles. The van der Waals surface area contributed by atoms with Crippen molar-refractivity contribution in [3.05, 3.63) is 0 Å². The van der Waals surface area contributed by atoms with Gasteiger partial charge in [0.15, 0.2) is 0 Å². The molecular weight excluding hydrogens is 338 g/mol. The lowest BCUT2D eigenvalue weighted by atomic mass is 10.1. The van der Waals surface area contributed by atoms with E-state index in [4.69, 9.17) is 9.47 Å². The van der Waals surface area contributed by atoms with Gasteiger partial charge in [-0.25, -0.2) is 0 Å². The van der Waals surface area contributed by atoms with E-state index >= 15 is 0 Å². The van der Waals surface area contributed by atoms with Gasteiger partial charge in [0.2, 0.25) is 5.91 Å². The number of carbonyl (C=O) groups excluding carboxylic acids is 1. The normalized spacial score (nSPS) is 11.1. The monoisotopic (exact) mass is 385 g/mol. The predicted molar refractivity (Wildman–Crippen MR) is 115 cm³/mol. The lowest BCUT2D eigenvalue weighted by Gasteiger charge is -2.23. The van der Waals surface area contributed by atoms with E-state index in [-0.39, 0.29) is 12.5 Å². The molecule has 0 aliphatic rings. The molecule has 0 N–H and O–H groups in total. The summed E-state index contributed by atoms with van der Waals surface area (Å²) in [6.07, 6.45) is 17.9. The summed E-state index contributed by atoms with van der Waals surface area (Å²) in [5.74, 6) is 0.142. The number of rotatable bonds is 21. The molecular formula is C23H47NO3. The number of ether oxygens (including phenoxy) is 2. The summed E-state index contributed by atoms with van der Waals surface area (Å²) >= 11 is 0. The van der Waals surface area contributed by atoms with Gasteiger partial charge in [-0.15, -0.1) is 0 Å². The molecule has 0 unspecified atom stereocenters. The third-order valence-corrected chi connectivity index (χ3v) is 5.07. The van der Waals surface area contributed by atoms with Gasteiger partial charge < -0.3 is 14.4 Å². The highest BCUT2D eigenvalue weighted by atomic mass is 16.5. The Morgan fingerprint density at radius 2 is 1.11 bits per heavy atom. The molecule has 0 rings (SSSR count). The van der Waals surface area contributed by atoms with Crippen LogP contribution in [0.1, 0.15) is 104 Å².